The summed E-state index contributed by atoms with van der Waals surface area (Å²) in [5.74, 6) is 0. The molecule has 0 saturated heterocycles. The second-order valence-electron chi connectivity index (χ2n) is 5.07. The highest BCUT2D eigenvalue weighted by molar-refractivity contribution is 5.57. The summed E-state index contributed by atoms with van der Waals surface area (Å²) in [6, 6.07) is 12.3. The number of β-amino-alcohol motifs (C(OH)–C–C–N with tert-alkyl or cyclic N) is 1. The van der Waals surface area contributed by atoms with Gasteiger partial charge in [-0.3, -0.25) is 4.98 Å². The van der Waals surface area contributed by atoms with E-state index in [0.717, 1.165) is 18.5 Å². The Hall–Kier alpha value is -2.13. The lowest BCUT2D eigenvalue weighted by Crippen LogP contribution is -2.38. The summed E-state index contributed by atoms with van der Waals surface area (Å²) in [6.45, 7) is 1.49. The molecular formula is C17H18N2O. The number of aliphatic hydroxyl groups is 1. The normalized spacial score (nSPS) is 18.2. The number of nitrogens with zero attached hydrogens (tertiary/aromatic N) is 2. The molecule has 2 heterocycles. The molecular weight excluding hydrogens is 248 g/mol. The van der Waals surface area contributed by atoms with E-state index in [-0.39, 0.29) is 6.10 Å². The van der Waals surface area contributed by atoms with Crippen LogP contribution in [-0.4, -0.2) is 29.3 Å². The molecule has 3 heteroatoms. The molecule has 0 spiro atoms. The second kappa shape index (κ2) is 5.88. The van der Waals surface area contributed by atoms with Crippen LogP contribution in [-0.2, 0) is 6.42 Å². The highest BCUT2D eigenvalue weighted by Crippen LogP contribution is 2.26. The molecule has 0 fully saturated rings. The first-order valence-electron chi connectivity index (χ1n) is 6.90. The Kier molecular flexibility index (Phi) is 3.79. The Labute approximate surface area is 119 Å². The SMILES string of the molecule is OC1Cc2ccccc2N(C/C=C/c2ccncc2)C1. The molecule has 102 valence electrons. The summed E-state index contributed by atoms with van der Waals surface area (Å²) in [7, 11) is 0. The second-order valence-corrected chi connectivity index (χ2v) is 5.07. The van der Waals surface area contributed by atoms with Crippen LogP contribution in [0.1, 0.15) is 11.1 Å². The number of hydrogen-bond donors (Lipinski definition) is 1. The van der Waals surface area contributed by atoms with Crippen LogP contribution in [0.5, 0.6) is 0 Å². The van der Waals surface area contributed by atoms with Gasteiger partial charge in [-0.1, -0.05) is 30.4 Å². The van der Waals surface area contributed by atoms with Crippen LogP contribution in [0.15, 0.2) is 54.9 Å². The molecule has 0 radical (unpaired) electrons. The van der Waals surface area contributed by atoms with Gasteiger partial charge in [-0.15, -0.1) is 0 Å². The molecule has 1 aliphatic rings. The van der Waals surface area contributed by atoms with Crippen molar-refractivity contribution < 1.29 is 5.11 Å². The van der Waals surface area contributed by atoms with Crippen LogP contribution in [0, 0.1) is 0 Å². The lowest BCUT2D eigenvalue weighted by Gasteiger charge is -2.33. The van der Waals surface area contributed by atoms with Crippen LogP contribution < -0.4 is 4.90 Å². The maximum absolute atomic E-state index is 9.97. The van der Waals surface area contributed by atoms with Gasteiger partial charge in [0, 0.05) is 37.6 Å². The smallest absolute Gasteiger partial charge is 0.0756 e. The van der Waals surface area contributed by atoms with Gasteiger partial charge in [0.2, 0.25) is 0 Å². The van der Waals surface area contributed by atoms with Crippen molar-refractivity contribution in [2.75, 3.05) is 18.0 Å². The monoisotopic (exact) mass is 266 g/mol. The van der Waals surface area contributed by atoms with Gasteiger partial charge in [0.25, 0.3) is 0 Å². The molecule has 1 N–H and O–H groups in total. The van der Waals surface area contributed by atoms with E-state index in [9.17, 15) is 5.11 Å². The largest absolute Gasteiger partial charge is 0.391 e. The zero-order valence-electron chi connectivity index (χ0n) is 11.3. The van der Waals surface area contributed by atoms with Gasteiger partial charge in [0.05, 0.1) is 6.10 Å². The van der Waals surface area contributed by atoms with Gasteiger partial charge >= 0.3 is 0 Å². The zero-order chi connectivity index (χ0) is 13.8. The maximum atomic E-state index is 9.97. The van der Waals surface area contributed by atoms with Crippen molar-refractivity contribution in [1.82, 2.24) is 4.98 Å². The first-order chi connectivity index (χ1) is 9.83. The number of pyridine rings is 1. The standard InChI is InChI=1S/C17H18N2O/c20-16-12-15-5-1-2-6-17(15)19(13-16)11-3-4-14-7-9-18-10-8-14/h1-10,16,20H,11-13H2/b4-3+. The van der Waals surface area contributed by atoms with Gasteiger partial charge in [0.1, 0.15) is 0 Å². The predicted molar refractivity (Wildman–Crippen MR) is 81.6 cm³/mol. The third-order valence-corrected chi connectivity index (χ3v) is 3.56. The number of rotatable bonds is 3. The fourth-order valence-electron chi connectivity index (χ4n) is 2.63. The molecule has 0 amide bonds. The third kappa shape index (κ3) is 2.89. The van der Waals surface area contributed by atoms with E-state index in [1.807, 2.05) is 18.2 Å². The van der Waals surface area contributed by atoms with Crippen molar-refractivity contribution in [2.24, 2.45) is 0 Å². The number of fused-ring (bicyclic) bond motifs is 1. The minimum atomic E-state index is -0.278. The van der Waals surface area contributed by atoms with Crippen molar-refractivity contribution >= 4 is 11.8 Å². The number of aliphatic hydroxyl groups excluding tert-OH is 1. The summed E-state index contributed by atoms with van der Waals surface area (Å²) in [5, 5.41) is 9.97. The van der Waals surface area contributed by atoms with Crippen LogP contribution >= 0.6 is 0 Å². The van der Waals surface area contributed by atoms with Gasteiger partial charge in [0.15, 0.2) is 0 Å². The molecule has 1 aromatic heterocycles. The number of aromatic nitrogens is 1. The van der Waals surface area contributed by atoms with E-state index < -0.39 is 0 Å². The van der Waals surface area contributed by atoms with Crippen molar-refractivity contribution in [2.45, 2.75) is 12.5 Å². The summed E-state index contributed by atoms with van der Waals surface area (Å²) in [4.78, 5) is 6.23. The molecule has 1 atom stereocenters. The highest BCUT2D eigenvalue weighted by Gasteiger charge is 2.21. The van der Waals surface area contributed by atoms with Crippen molar-refractivity contribution in [3.05, 3.63) is 66.0 Å². The highest BCUT2D eigenvalue weighted by atomic mass is 16.3. The van der Waals surface area contributed by atoms with Gasteiger partial charge in [-0.2, -0.15) is 0 Å². The molecule has 0 saturated carbocycles. The molecule has 1 aromatic carbocycles. The molecule has 1 unspecified atom stereocenters. The Morgan fingerprint density at radius 2 is 2.00 bits per heavy atom. The van der Waals surface area contributed by atoms with E-state index >= 15 is 0 Å². The molecule has 0 bridgehead atoms. The topological polar surface area (TPSA) is 36.4 Å². The molecule has 1 aliphatic heterocycles. The van der Waals surface area contributed by atoms with Crippen molar-refractivity contribution in [3.8, 4) is 0 Å². The summed E-state index contributed by atoms with van der Waals surface area (Å²) in [6.07, 6.45) is 8.27. The minimum absolute atomic E-state index is 0.278. The predicted octanol–water partition coefficient (Wildman–Crippen LogP) is 2.52. The summed E-state index contributed by atoms with van der Waals surface area (Å²) < 4.78 is 0. The lowest BCUT2D eigenvalue weighted by atomic mass is 10.00. The molecule has 2 aromatic rings. The Balaban J connectivity index is 1.73. The van der Waals surface area contributed by atoms with Crippen LogP contribution in [0.3, 0.4) is 0 Å². The Bertz CT molecular complexity index is 595. The molecule has 0 aliphatic carbocycles. The van der Waals surface area contributed by atoms with Crippen LogP contribution in [0.2, 0.25) is 0 Å². The maximum Gasteiger partial charge on any atom is 0.0756 e. The molecule has 20 heavy (non-hydrogen) atoms. The van der Waals surface area contributed by atoms with Crippen molar-refractivity contribution in [1.29, 1.82) is 0 Å². The first-order valence-corrected chi connectivity index (χ1v) is 6.90. The van der Waals surface area contributed by atoms with Gasteiger partial charge in [-0.25, -0.2) is 0 Å². The van der Waals surface area contributed by atoms with Crippen LogP contribution in [0.4, 0.5) is 5.69 Å². The number of anilines is 1. The van der Waals surface area contributed by atoms with E-state index in [2.05, 4.69) is 40.2 Å². The number of hydrogen-bond acceptors (Lipinski definition) is 3. The average molecular weight is 266 g/mol. The fraction of sp³-hybridized carbons (Fsp3) is 0.235. The molecule has 3 rings (SSSR count). The summed E-state index contributed by atoms with van der Waals surface area (Å²) in [5.41, 5.74) is 3.60. The first kappa shape index (κ1) is 12.9. The zero-order valence-corrected chi connectivity index (χ0v) is 11.3. The van der Waals surface area contributed by atoms with E-state index in [1.165, 1.54) is 11.3 Å². The van der Waals surface area contributed by atoms with E-state index in [4.69, 9.17) is 0 Å². The fourth-order valence-corrected chi connectivity index (χ4v) is 2.63. The minimum Gasteiger partial charge on any atom is -0.391 e. The van der Waals surface area contributed by atoms with Crippen LogP contribution in [0.25, 0.3) is 6.08 Å². The summed E-state index contributed by atoms with van der Waals surface area (Å²) >= 11 is 0. The number of benzene rings is 1. The third-order valence-electron chi connectivity index (χ3n) is 3.56. The van der Waals surface area contributed by atoms with E-state index in [1.54, 1.807) is 12.4 Å². The molecule has 3 nitrogen and oxygen atoms in total. The number of para-hydroxylation sites is 1. The Morgan fingerprint density at radius 1 is 1.20 bits per heavy atom. The van der Waals surface area contributed by atoms with Gasteiger partial charge < -0.3 is 10.0 Å². The van der Waals surface area contributed by atoms with Crippen molar-refractivity contribution in [3.63, 3.8) is 0 Å². The lowest BCUT2D eigenvalue weighted by molar-refractivity contribution is 0.176. The Morgan fingerprint density at radius 3 is 2.85 bits per heavy atom. The average Bonchev–Trinajstić information content (AvgIpc) is 2.48. The van der Waals surface area contributed by atoms with Gasteiger partial charge in [-0.05, 0) is 29.3 Å². The quantitative estimate of drug-likeness (QED) is 0.927. The van der Waals surface area contributed by atoms with E-state index in [0.29, 0.717) is 6.54 Å².